The van der Waals surface area contributed by atoms with Crippen molar-refractivity contribution in [1.82, 2.24) is 5.32 Å². The topological polar surface area (TPSA) is 84.5 Å². The third-order valence-corrected chi connectivity index (χ3v) is 3.78. The Labute approximate surface area is 125 Å². The van der Waals surface area contributed by atoms with Gasteiger partial charge in [-0.15, -0.1) is 0 Å². The van der Waals surface area contributed by atoms with Crippen LogP contribution in [-0.4, -0.2) is 25.9 Å². The number of benzene rings is 1. The van der Waals surface area contributed by atoms with Gasteiger partial charge in [-0.25, -0.2) is 13.2 Å². The van der Waals surface area contributed by atoms with Crippen LogP contribution in [-0.2, 0) is 21.3 Å². The molecular weight excluding hydrogens is 292 g/mol. The first-order valence-corrected chi connectivity index (χ1v) is 8.33. The number of sulfonamides is 1. The fourth-order valence-electron chi connectivity index (χ4n) is 1.50. The van der Waals surface area contributed by atoms with E-state index >= 15 is 0 Å². The number of carbonyl (C=O) groups is 1. The van der Waals surface area contributed by atoms with Gasteiger partial charge in [0, 0.05) is 6.54 Å². The van der Waals surface area contributed by atoms with Crippen LogP contribution in [0.15, 0.2) is 24.3 Å². The molecule has 0 aliphatic heterocycles. The van der Waals surface area contributed by atoms with E-state index in [1.807, 2.05) is 0 Å². The molecule has 0 aromatic heterocycles. The van der Waals surface area contributed by atoms with Crippen molar-refractivity contribution in [3.8, 4) is 0 Å². The van der Waals surface area contributed by atoms with Crippen molar-refractivity contribution in [2.45, 2.75) is 39.8 Å². The van der Waals surface area contributed by atoms with Gasteiger partial charge in [0.25, 0.3) is 0 Å². The fraction of sp³-hybridized carbons (Fsp3) is 0.500. The number of anilines is 1. The number of nitrogens with one attached hydrogen (secondary N) is 2. The van der Waals surface area contributed by atoms with E-state index in [0.29, 0.717) is 11.3 Å². The molecule has 118 valence electrons. The highest BCUT2D eigenvalue weighted by Gasteiger charge is 2.16. The third-order valence-electron chi connectivity index (χ3n) is 2.48. The summed E-state index contributed by atoms with van der Waals surface area (Å²) in [5.41, 5.74) is 0.545. The third kappa shape index (κ3) is 6.48. The van der Waals surface area contributed by atoms with Crippen LogP contribution in [0.5, 0.6) is 0 Å². The molecule has 0 aliphatic rings. The lowest BCUT2D eigenvalue weighted by atomic mass is 10.2. The zero-order chi connectivity index (χ0) is 16.1. The number of rotatable bonds is 5. The maximum absolute atomic E-state index is 11.6. The molecule has 0 aliphatic carbocycles. The standard InChI is InChI=1S/C14H22N2O4S/c1-5-21(18,19)16-12-9-7-6-8-11(12)10-15-13(17)20-14(2,3)4/h6-9,16H,5,10H2,1-4H3,(H,15,17). The molecule has 0 heterocycles. The molecule has 6 nitrogen and oxygen atoms in total. The molecule has 0 unspecified atom stereocenters. The van der Waals surface area contributed by atoms with Crippen molar-refractivity contribution in [1.29, 1.82) is 0 Å². The first-order valence-electron chi connectivity index (χ1n) is 6.68. The Morgan fingerprint density at radius 1 is 1.24 bits per heavy atom. The van der Waals surface area contributed by atoms with Gasteiger partial charge in [0.15, 0.2) is 0 Å². The second kappa shape index (κ2) is 6.80. The summed E-state index contributed by atoms with van der Waals surface area (Å²) in [4.78, 5) is 11.6. The lowest BCUT2D eigenvalue weighted by Crippen LogP contribution is -2.32. The smallest absolute Gasteiger partial charge is 0.407 e. The molecule has 1 rings (SSSR count). The lowest BCUT2D eigenvalue weighted by Gasteiger charge is -2.20. The average molecular weight is 314 g/mol. The van der Waals surface area contributed by atoms with E-state index in [4.69, 9.17) is 4.74 Å². The minimum Gasteiger partial charge on any atom is -0.444 e. The molecule has 2 N–H and O–H groups in total. The molecular formula is C14H22N2O4S. The largest absolute Gasteiger partial charge is 0.444 e. The molecule has 7 heteroatoms. The summed E-state index contributed by atoms with van der Waals surface area (Å²) >= 11 is 0. The number of para-hydroxylation sites is 1. The predicted octanol–water partition coefficient (Wildman–Crippen LogP) is 2.47. The number of hydrogen-bond donors (Lipinski definition) is 2. The van der Waals surface area contributed by atoms with Crippen LogP contribution in [0.2, 0.25) is 0 Å². The van der Waals surface area contributed by atoms with Gasteiger partial charge in [-0.3, -0.25) is 4.72 Å². The molecule has 1 aromatic rings. The first-order chi connectivity index (χ1) is 9.63. The summed E-state index contributed by atoms with van der Waals surface area (Å²) in [5, 5.41) is 2.60. The highest BCUT2D eigenvalue weighted by atomic mass is 32.2. The van der Waals surface area contributed by atoms with E-state index < -0.39 is 21.7 Å². The molecule has 21 heavy (non-hydrogen) atoms. The summed E-state index contributed by atoms with van der Waals surface area (Å²) < 4.78 is 30.9. The minimum atomic E-state index is -3.36. The van der Waals surface area contributed by atoms with E-state index in [2.05, 4.69) is 10.0 Å². The Morgan fingerprint density at radius 2 is 1.86 bits per heavy atom. The van der Waals surface area contributed by atoms with E-state index in [1.54, 1.807) is 52.0 Å². The number of amides is 1. The fourth-order valence-corrected chi connectivity index (χ4v) is 2.17. The maximum Gasteiger partial charge on any atom is 0.407 e. The molecule has 0 saturated heterocycles. The van der Waals surface area contributed by atoms with Crippen LogP contribution in [0.3, 0.4) is 0 Å². The second-order valence-electron chi connectivity index (χ2n) is 5.52. The summed E-state index contributed by atoms with van der Waals surface area (Å²) in [6.07, 6.45) is -0.546. The van der Waals surface area contributed by atoms with Gasteiger partial charge in [0.05, 0.1) is 11.4 Å². The van der Waals surface area contributed by atoms with E-state index in [9.17, 15) is 13.2 Å². The quantitative estimate of drug-likeness (QED) is 0.874. The number of hydrogen-bond acceptors (Lipinski definition) is 4. The lowest BCUT2D eigenvalue weighted by molar-refractivity contribution is 0.0523. The monoisotopic (exact) mass is 314 g/mol. The van der Waals surface area contributed by atoms with Gasteiger partial charge in [0.2, 0.25) is 10.0 Å². The molecule has 1 aromatic carbocycles. The normalized spacial score (nSPS) is 11.8. The number of ether oxygens (including phenoxy) is 1. The summed E-state index contributed by atoms with van der Waals surface area (Å²) in [6, 6.07) is 6.89. The van der Waals surface area contributed by atoms with Crippen LogP contribution in [0.4, 0.5) is 10.5 Å². The zero-order valence-corrected chi connectivity index (χ0v) is 13.6. The van der Waals surface area contributed by atoms with Gasteiger partial charge in [-0.2, -0.15) is 0 Å². The molecule has 0 atom stereocenters. The highest BCUT2D eigenvalue weighted by molar-refractivity contribution is 7.92. The van der Waals surface area contributed by atoms with Crippen molar-refractivity contribution < 1.29 is 17.9 Å². The minimum absolute atomic E-state index is 0.0131. The van der Waals surface area contributed by atoms with Gasteiger partial charge >= 0.3 is 6.09 Å². The Morgan fingerprint density at radius 3 is 2.43 bits per heavy atom. The van der Waals surface area contributed by atoms with E-state index in [0.717, 1.165) is 0 Å². The first kappa shape index (κ1) is 17.3. The van der Waals surface area contributed by atoms with Crippen molar-refractivity contribution in [2.24, 2.45) is 0 Å². The van der Waals surface area contributed by atoms with Gasteiger partial charge in [-0.05, 0) is 39.3 Å². The van der Waals surface area contributed by atoms with Crippen molar-refractivity contribution in [3.63, 3.8) is 0 Å². The molecule has 0 spiro atoms. The molecule has 0 fully saturated rings. The Balaban J connectivity index is 2.74. The summed E-state index contributed by atoms with van der Waals surface area (Å²) in [5.74, 6) is -0.0131. The van der Waals surface area contributed by atoms with Gasteiger partial charge in [0.1, 0.15) is 5.60 Å². The average Bonchev–Trinajstić information content (AvgIpc) is 2.35. The summed E-state index contributed by atoms with van der Waals surface area (Å²) in [7, 11) is -3.36. The number of alkyl carbamates (subject to hydrolysis) is 1. The maximum atomic E-state index is 11.6. The van der Waals surface area contributed by atoms with Gasteiger partial charge < -0.3 is 10.1 Å². The van der Waals surface area contributed by atoms with E-state index in [1.165, 1.54) is 0 Å². The number of carbonyl (C=O) groups excluding carboxylic acids is 1. The highest BCUT2D eigenvalue weighted by Crippen LogP contribution is 2.17. The van der Waals surface area contributed by atoms with Crippen LogP contribution in [0.25, 0.3) is 0 Å². The Bertz CT molecular complexity index is 591. The van der Waals surface area contributed by atoms with Crippen molar-refractivity contribution >= 4 is 21.8 Å². The molecule has 0 saturated carbocycles. The Hall–Kier alpha value is -1.76. The van der Waals surface area contributed by atoms with E-state index in [-0.39, 0.29) is 12.3 Å². The van der Waals surface area contributed by atoms with Crippen molar-refractivity contribution in [2.75, 3.05) is 10.5 Å². The molecule has 1 amide bonds. The van der Waals surface area contributed by atoms with Crippen LogP contribution >= 0.6 is 0 Å². The molecule has 0 bridgehead atoms. The van der Waals surface area contributed by atoms with Crippen LogP contribution in [0, 0.1) is 0 Å². The van der Waals surface area contributed by atoms with Crippen molar-refractivity contribution in [3.05, 3.63) is 29.8 Å². The predicted molar refractivity (Wildman–Crippen MR) is 82.6 cm³/mol. The Kier molecular flexibility index (Phi) is 5.60. The van der Waals surface area contributed by atoms with Crippen LogP contribution < -0.4 is 10.0 Å². The summed E-state index contributed by atoms with van der Waals surface area (Å²) in [6.45, 7) is 7.06. The SMILES string of the molecule is CCS(=O)(=O)Nc1ccccc1CNC(=O)OC(C)(C)C. The zero-order valence-electron chi connectivity index (χ0n) is 12.8. The van der Waals surface area contributed by atoms with Gasteiger partial charge in [-0.1, -0.05) is 18.2 Å². The van der Waals surface area contributed by atoms with Crippen LogP contribution in [0.1, 0.15) is 33.3 Å². The second-order valence-corrected chi connectivity index (χ2v) is 7.53. The molecule has 0 radical (unpaired) electrons.